The Kier molecular flexibility index (Phi) is 5.96. The minimum atomic E-state index is -1.05. The standard InChI is InChI=1S/C20H18N4O4S2/c1-3-27-19(26)16(18-22-11(2)9-29-18)15(25)10-30-20-24-23-17(28-20)13-8-21-14-7-5-4-6-12(13)14/h4-9,16,21H,3,10H2,1-2H3/t16-/m0/s1. The molecule has 1 aromatic carbocycles. The SMILES string of the molecule is CCOC(=O)[C@@H](C(=O)CSc1nnc(-c2c[nH]c3ccccc23)o1)c1nc(C)cs1. The quantitative estimate of drug-likeness (QED) is 0.248. The smallest absolute Gasteiger partial charge is 0.323 e. The highest BCUT2D eigenvalue weighted by Crippen LogP contribution is 2.30. The van der Waals surface area contributed by atoms with Gasteiger partial charge >= 0.3 is 5.97 Å². The van der Waals surface area contributed by atoms with Crippen LogP contribution >= 0.6 is 23.1 Å². The molecule has 1 N–H and O–H groups in total. The van der Waals surface area contributed by atoms with Gasteiger partial charge in [-0.25, -0.2) is 4.98 Å². The van der Waals surface area contributed by atoms with Gasteiger partial charge in [-0.2, -0.15) is 0 Å². The lowest BCUT2D eigenvalue weighted by Gasteiger charge is -2.11. The van der Waals surface area contributed by atoms with Crippen molar-refractivity contribution >= 4 is 45.8 Å². The zero-order chi connectivity index (χ0) is 21.1. The number of rotatable bonds is 8. The van der Waals surface area contributed by atoms with E-state index in [-0.39, 0.29) is 23.4 Å². The summed E-state index contributed by atoms with van der Waals surface area (Å²) in [6, 6.07) is 7.79. The van der Waals surface area contributed by atoms with Crippen LogP contribution in [-0.4, -0.2) is 44.3 Å². The van der Waals surface area contributed by atoms with Crippen LogP contribution in [0.2, 0.25) is 0 Å². The van der Waals surface area contributed by atoms with Crippen molar-refractivity contribution in [1.82, 2.24) is 20.2 Å². The molecule has 0 bridgehead atoms. The zero-order valence-corrected chi connectivity index (χ0v) is 17.9. The minimum absolute atomic E-state index is 0.0162. The monoisotopic (exact) mass is 442 g/mol. The molecule has 0 saturated carbocycles. The van der Waals surface area contributed by atoms with Gasteiger partial charge in [-0.3, -0.25) is 9.59 Å². The predicted octanol–water partition coefficient (Wildman–Crippen LogP) is 3.99. The number of aromatic amines is 1. The van der Waals surface area contributed by atoms with Crippen molar-refractivity contribution in [2.24, 2.45) is 0 Å². The van der Waals surface area contributed by atoms with Crippen molar-refractivity contribution in [3.8, 4) is 11.5 Å². The van der Waals surface area contributed by atoms with Crippen LogP contribution in [0.25, 0.3) is 22.4 Å². The largest absolute Gasteiger partial charge is 0.465 e. The number of nitrogens with one attached hydrogen (secondary N) is 1. The van der Waals surface area contributed by atoms with Gasteiger partial charge in [-0.05, 0) is 19.9 Å². The summed E-state index contributed by atoms with van der Waals surface area (Å²) in [6.45, 7) is 3.70. The van der Waals surface area contributed by atoms with E-state index in [0.717, 1.165) is 33.9 Å². The second kappa shape index (κ2) is 8.80. The minimum Gasteiger partial charge on any atom is -0.465 e. The van der Waals surface area contributed by atoms with E-state index in [1.807, 2.05) is 31.2 Å². The number of nitrogens with zero attached hydrogens (tertiary/aromatic N) is 3. The first kappa shape index (κ1) is 20.3. The molecule has 0 amide bonds. The number of carbonyl (C=O) groups excluding carboxylic acids is 2. The first-order chi connectivity index (χ1) is 14.6. The Bertz CT molecular complexity index is 1200. The Morgan fingerprint density at radius 3 is 2.90 bits per heavy atom. The van der Waals surface area contributed by atoms with E-state index in [1.54, 1.807) is 18.5 Å². The summed E-state index contributed by atoms with van der Waals surface area (Å²) in [5.74, 6) is -1.62. The number of fused-ring (bicyclic) bond motifs is 1. The number of hydrogen-bond acceptors (Lipinski definition) is 9. The third-order valence-corrected chi connectivity index (χ3v) is 6.16. The van der Waals surface area contributed by atoms with Crippen molar-refractivity contribution in [2.45, 2.75) is 25.0 Å². The summed E-state index contributed by atoms with van der Waals surface area (Å²) in [6.07, 6.45) is 1.80. The molecule has 0 spiro atoms. The Balaban J connectivity index is 1.48. The van der Waals surface area contributed by atoms with Crippen molar-refractivity contribution in [1.29, 1.82) is 0 Å². The number of ether oxygens (including phenoxy) is 1. The number of esters is 1. The molecule has 4 rings (SSSR count). The fourth-order valence-electron chi connectivity index (χ4n) is 2.94. The number of thioether (sulfide) groups is 1. The number of H-pyrrole nitrogens is 1. The Morgan fingerprint density at radius 1 is 1.30 bits per heavy atom. The lowest BCUT2D eigenvalue weighted by molar-refractivity contribution is -0.147. The lowest BCUT2D eigenvalue weighted by atomic mass is 10.1. The average Bonchev–Trinajstić information content (AvgIpc) is 3.46. The van der Waals surface area contributed by atoms with E-state index in [4.69, 9.17) is 9.15 Å². The number of aryl methyl sites for hydroxylation is 1. The topological polar surface area (TPSA) is 111 Å². The van der Waals surface area contributed by atoms with Gasteiger partial charge in [0, 0.05) is 28.2 Å². The molecule has 4 aromatic rings. The summed E-state index contributed by atoms with van der Waals surface area (Å²) >= 11 is 2.35. The van der Waals surface area contributed by atoms with E-state index in [1.165, 1.54) is 11.3 Å². The summed E-state index contributed by atoms with van der Waals surface area (Å²) in [5, 5.41) is 11.6. The zero-order valence-electron chi connectivity index (χ0n) is 16.2. The summed E-state index contributed by atoms with van der Waals surface area (Å²) in [5.41, 5.74) is 2.51. The van der Waals surface area contributed by atoms with E-state index >= 15 is 0 Å². The molecule has 0 radical (unpaired) electrons. The highest BCUT2D eigenvalue weighted by Gasteiger charge is 2.32. The van der Waals surface area contributed by atoms with Crippen molar-refractivity contribution in [2.75, 3.05) is 12.4 Å². The van der Waals surface area contributed by atoms with Crippen molar-refractivity contribution in [3.05, 3.63) is 46.5 Å². The molecule has 0 aliphatic heterocycles. The number of aromatic nitrogens is 4. The first-order valence-corrected chi connectivity index (χ1v) is 11.1. The molecule has 0 fully saturated rings. The second-order valence-electron chi connectivity index (χ2n) is 6.39. The predicted molar refractivity (Wildman–Crippen MR) is 114 cm³/mol. The molecule has 3 aromatic heterocycles. The van der Waals surface area contributed by atoms with Crippen molar-refractivity contribution < 1.29 is 18.7 Å². The molecule has 1 atom stereocenters. The maximum Gasteiger partial charge on any atom is 0.323 e. The fraction of sp³-hybridized carbons (Fsp3) is 0.250. The molecule has 0 aliphatic carbocycles. The van der Waals surface area contributed by atoms with Gasteiger partial charge in [0.1, 0.15) is 5.01 Å². The lowest BCUT2D eigenvalue weighted by Crippen LogP contribution is -2.25. The van der Waals surface area contributed by atoms with Gasteiger partial charge in [-0.15, -0.1) is 21.5 Å². The molecule has 8 nitrogen and oxygen atoms in total. The van der Waals surface area contributed by atoms with Crippen LogP contribution in [-0.2, 0) is 14.3 Å². The number of thiazole rings is 1. The average molecular weight is 443 g/mol. The molecule has 10 heteroatoms. The molecule has 30 heavy (non-hydrogen) atoms. The summed E-state index contributed by atoms with van der Waals surface area (Å²) in [7, 11) is 0. The number of hydrogen-bond donors (Lipinski definition) is 1. The van der Waals surface area contributed by atoms with Gasteiger partial charge in [0.25, 0.3) is 11.1 Å². The Labute approximate surface area is 180 Å². The highest BCUT2D eigenvalue weighted by atomic mass is 32.2. The molecule has 0 aliphatic rings. The summed E-state index contributed by atoms with van der Waals surface area (Å²) < 4.78 is 10.8. The maximum atomic E-state index is 12.8. The third-order valence-electron chi connectivity index (χ3n) is 4.29. The molecule has 154 valence electrons. The van der Waals surface area contributed by atoms with E-state index in [9.17, 15) is 9.59 Å². The maximum absolute atomic E-state index is 12.8. The van der Waals surface area contributed by atoms with Gasteiger partial charge < -0.3 is 14.1 Å². The Hall–Kier alpha value is -2.98. The van der Waals surface area contributed by atoms with Gasteiger partial charge in [0.15, 0.2) is 11.7 Å². The molecule has 0 saturated heterocycles. The van der Waals surface area contributed by atoms with Gasteiger partial charge in [-0.1, -0.05) is 30.0 Å². The number of para-hydroxylation sites is 1. The van der Waals surface area contributed by atoms with Crippen LogP contribution in [0.5, 0.6) is 0 Å². The van der Waals surface area contributed by atoms with E-state index in [0.29, 0.717) is 10.9 Å². The number of ketones is 1. The fourth-order valence-corrected chi connectivity index (χ4v) is 4.52. The third kappa shape index (κ3) is 4.14. The van der Waals surface area contributed by atoms with Crippen LogP contribution in [0.15, 0.2) is 45.5 Å². The van der Waals surface area contributed by atoms with Crippen LogP contribution in [0.3, 0.4) is 0 Å². The first-order valence-electron chi connectivity index (χ1n) is 9.21. The Morgan fingerprint density at radius 2 is 2.13 bits per heavy atom. The van der Waals surface area contributed by atoms with Crippen molar-refractivity contribution in [3.63, 3.8) is 0 Å². The molecular weight excluding hydrogens is 424 g/mol. The number of Topliss-reactive ketones (excluding diaryl/α,β-unsaturated/α-hetero) is 1. The van der Waals surface area contributed by atoms with E-state index in [2.05, 4.69) is 20.2 Å². The molecular formula is C20H18N4O4S2. The highest BCUT2D eigenvalue weighted by molar-refractivity contribution is 7.99. The van der Waals surface area contributed by atoms with Crippen LogP contribution < -0.4 is 0 Å². The second-order valence-corrected chi connectivity index (χ2v) is 8.20. The normalized spacial score (nSPS) is 12.2. The number of benzene rings is 1. The molecule has 0 unspecified atom stereocenters. The molecule has 3 heterocycles. The van der Waals surface area contributed by atoms with Crippen LogP contribution in [0.4, 0.5) is 0 Å². The van der Waals surface area contributed by atoms with E-state index < -0.39 is 11.9 Å². The number of carbonyl (C=O) groups is 2. The van der Waals surface area contributed by atoms with Crippen LogP contribution in [0.1, 0.15) is 23.5 Å². The van der Waals surface area contributed by atoms with Gasteiger partial charge in [0.2, 0.25) is 0 Å². The van der Waals surface area contributed by atoms with Gasteiger partial charge in [0.05, 0.1) is 17.9 Å². The summed E-state index contributed by atoms with van der Waals surface area (Å²) in [4.78, 5) is 32.6. The van der Waals surface area contributed by atoms with Crippen LogP contribution in [0, 0.1) is 6.92 Å².